The van der Waals surface area contributed by atoms with Gasteiger partial charge in [0.1, 0.15) is 5.03 Å². The minimum absolute atomic E-state index is 0.0946. The standard InChI is InChI=1S/C21H22N4O3S2/c1-4-28-20(27)10-15-11-30-21(22-15)23-18(26)12-29-19-8-7-17(24-25-19)16-9-13(2)5-6-14(16)3/h5-9,11H,4,10,12H2,1-3H3,(H,22,23,26). The number of esters is 1. The maximum atomic E-state index is 12.2. The average Bonchev–Trinajstić information content (AvgIpc) is 3.15. The van der Waals surface area contributed by atoms with Crippen LogP contribution < -0.4 is 5.32 Å². The van der Waals surface area contributed by atoms with E-state index in [2.05, 4.69) is 38.7 Å². The van der Waals surface area contributed by atoms with Crippen molar-refractivity contribution in [2.24, 2.45) is 0 Å². The van der Waals surface area contributed by atoms with E-state index >= 15 is 0 Å². The van der Waals surface area contributed by atoms with Crippen LogP contribution >= 0.6 is 23.1 Å². The van der Waals surface area contributed by atoms with Crippen LogP contribution in [-0.2, 0) is 20.7 Å². The molecule has 3 aromatic rings. The lowest BCUT2D eigenvalue weighted by Gasteiger charge is -2.06. The van der Waals surface area contributed by atoms with E-state index in [9.17, 15) is 9.59 Å². The first-order valence-electron chi connectivity index (χ1n) is 9.38. The monoisotopic (exact) mass is 442 g/mol. The molecule has 0 saturated heterocycles. The fourth-order valence-electron chi connectivity index (χ4n) is 2.65. The Bertz CT molecular complexity index is 1030. The summed E-state index contributed by atoms with van der Waals surface area (Å²) in [4.78, 5) is 27.9. The highest BCUT2D eigenvalue weighted by molar-refractivity contribution is 7.99. The fourth-order valence-corrected chi connectivity index (χ4v) is 3.99. The summed E-state index contributed by atoms with van der Waals surface area (Å²) in [7, 11) is 0. The molecule has 0 fully saturated rings. The van der Waals surface area contributed by atoms with Crippen molar-refractivity contribution in [3.05, 3.63) is 52.5 Å². The van der Waals surface area contributed by atoms with Crippen molar-refractivity contribution in [1.82, 2.24) is 15.2 Å². The number of hydrogen-bond acceptors (Lipinski definition) is 8. The number of nitrogens with zero attached hydrogens (tertiary/aromatic N) is 3. The number of thioether (sulfide) groups is 1. The zero-order valence-electron chi connectivity index (χ0n) is 17.0. The first-order valence-corrected chi connectivity index (χ1v) is 11.2. The van der Waals surface area contributed by atoms with E-state index in [0.717, 1.165) is 16.8 Å². The molecule has 1 amide bonds. The molecule has 2 aromatic heterocycles. The number of anilines is 1. The molecule has 0 radical (unpaired) electrons. The Morgan fingerprint density at radius 2 is 2.00 bits per heavy atom. The lowest BCUT2D eigenvalue weighted by molar-refractivity contribution is -0.142. The van der Waals surface area contributed by atoms with E-state index in [1.54, 1.807) is 12.3 Å². The molecule has 0 atom stereocenters. The van der Waals surface area contributed by atoms with Gasteiger partial charge in [-0.15, -0.1) is 21.5 Å². The van der Waals surface area contributed by atoms with Crippen LogP contribution in [0, 0.1) is 13.8 Å². The lowest BCUT2D eigenvalue weighted by Crippen LogP contribution is -2.14. The van der Waals surface area contributed by atoms with Crippen LogP contribution in [0.4, 0.5) is 5.13 Å². The van der Waals surface area contributed by atoms with Crippen molar-refractivity contribution in [1.29, 1.82) is 0 Å². The van der Waals surface area contributed by atoms with Crippen molar-refractivity contribution >= 4 is 40.1 Å². The number of ether oxygens (including phenoxy) is 1. The molecular formula is C21H22N4O3S2. The summed E-state index contributed by atoms with van der Waals surface area (Å²) in [5.41, 5.74) is 4.75. The summed E-state index contributed by atoms with van der Waals surface area (Å²) in [5, 5.41) is 14.1. The molecule has 0 saturated carbocycles. The Kier molecular flexibility index (Phi) is 7.53. The van der Waals surface area contributed by atoms with Gasteiger partial charge in [-0.05, 0) is 44.5 Å². The maximum absolute atomic E-state index is 12.2. The Morgan fingerprint density at radius 1 is 1.17 bits per heavy atom. The average molecular weight is 443 g/mol. The highest BCUT2D eigenvalue weighted by Crippen LogP contribution is 2.24. The molecule has 2 heterocycles. The third kappa shape index (κ3) is 6.11. The van der Waals surface area contributed by atoms with Gasteiger partial charge in [-0.2, -0.15) is 0 Å². The van der Waals surface area contributed by atoms with Crippen molar-refractivity contribution in [2.45, 2.75) is 32.2 Å². The lowest BCUT2D eigenvalue weighted by atomic mass is 10.0. The minimum Gasteiger partial charge on any atom is -0.466 e. The van der Waals surface area contributed by atoms with Crippen LogP contribution in [0.25, 0.3) is 11.3 Å². The molecule has 1 aromatic carbocycles. The number of hydrogen-bond donors (Lipinski definition) is 1. The summed E-state index contributed by atoms with van der Waals surface area (Å²) in [5.74, 6) is -0.346. The Hall–Kier alpha value is -2.78. The van der Waals surface area contributed by atoms with Gasteiger partial charge in [-0.1, -0.05) is 29.5 Å². The van der Waals surface area contributed by atoms with Crippen LogP contribution in [0.1, 0.15) is 23.7 Å². The number of aromatic nitrogens is 3. The van der Waals surface area contributed by atoms with Crippen molar-refractivity contribution in [2.75, 3.05) is 17.7 Å². The first kappa shape index (κ1) is 21.9. The van der Waals surface area contributed by atoms with Gasteiger partial charge in [0.2, 0.25) is 5.91 Å². The molecular weight excluding hydrogens is 420 g/mol. The molecule has 0 unspecified atom stereocenters. The molecule has 9 heteroatoms. The van der Waals surface area contributed by atoms with Gasteiger partial charge in [0.05, 0.1) is 30.2 Å². The second kappa shape index (κ2) is 10.3. The first-order chi connectivity index (χ1) is 14.4. The van der Waals surface area contributed by atoms with Crippen molar-refractivity contribution < 1.29 is 14.3 Å². The number of rotatable bonds is 8. The predicted molar refractivity (Wildman–Crippen MR) is 119 cm³/mol. The molecule has 0 aliphatic heterocycles. The Labute approximate surface area is 183 Å². The van der Waals surface area contributed by atoms with Crippen LogP contribution in [0.3, 0.4) is 0 Å². The summed E-state index contributed by atoms with van der Waals surface area (Å²) in [6.07, 6.45) is 0.0946. The molecule has 30 heavy (non-hydrogen) atoms. The topological polar surface area (TPSA) is 94.1 Å². The van der Waals surface area contributed by atoms with Gasteiger partial charge >= 0.3 is 5.97 Å². The molecule has 0 aliphatic carbocycles. The third-order valence-corrected chi connectivity index (χ3v) is 5.82. The van der Waals surface area contributed by atoms with E-state index in [0.29, 0.717) is 22.5 Å². The SMILES string of the molecule is CCOC(=O)Cc1csc(NC(=O)CSc2ccc(-c3cc(C)ccc3C)nn2)n1. The van der Waals surface area contributed by atoms with Gasteiger partial charge in [0.25, 0.3) is 0 Å². The fraction of sp³-hybridized carbons (Fsp3) is 0.286. The minimum atomic E-state index is -0.334. The smallest absolute Gasteiger partial charge is 0.311 e. The molecule has 156 valence electrons. The second-order valence-corrected chi connectivity index (χ2v) is 8.39. The predicted octanol–water partition coefficient (Wildman–Crippen LogP) is 4.05. The third-order valence-electron chi connectivity index (χ3n) is 4.09. The molecule has 0 aliphatic rings. The zero-order chi connectivity index (χ0) is 21.5. The van der Waals surface area contributed by atoms with Gasteiger partial charge in [-0.25, -0.2) is 4.98 Å². The van der Waals surface area contributed by atoms with Crippen LogP contribution in [0.5, 0.6) is 0 Å². The number of carbonyl (C=O) groups excluding carboxylic acids is 2. The molecule has 3 rings (SSSR count). The second-order valence-electron chi connectivity index (χ2n) is 6.54. The largest absolute Gasteiger partial charge is 0.466 e. The quantitative estimate of drug-likeness (QED) is 0.415. The van der Waals surface area contributed by atoms with Gasteiger partial charge in [-0.3, -0.25) is 9.59 Å². The molecule has 1 N–H and O–H groups in total. The summed E-state index contributed by atoms with van der Waals surface area (Å²) in [6.45, 7) is 6.17. The van der Waals surface area contributed by atoms with E-state index in [-0.39, 0.29) is 24.1 Å². The highest BCUT2D eigenvalue weighted by Gasteiger charge is 2.12. The van der Waals surface area contributed by atoms with E-state index < -0.39 is 0 Å². The number of aryl methyl sites for hydroxylation is 2. The number of carbonyl (C=O) groups is 2. The van der Waals surface area contributed by atoms with Crippen LogP contribution in [0.15, 0.2) is 40.7 Å². The van der Waals surface area contributed by atoms with Crippen LogP contribution in [0.2, 0.25) is 0 Å². The number of amides is 1. The van der Waals surface area contributed by atoms with Gasteiger partial charge < -0.3 is 10.1 Å². The number of thiazole rings is 1. The summed E-state index contributed by atoms with van der Waals surface area (Å²) in [6, 6.07) is 10.00. The molecule has 0 bridgehead atoms. The normalized spacial score (nSPS) is 10.6. The van der Waals surface area contributed by atoms with E-state index in [4.69, 9.17) is 4.74 Å². The van der Waals surface area contributed by atoms with Crippen LogP contribution in [-0.4, -0.2) is 39.4 Å². The Balaban J connectivity index is 1.52. The highest BCUT2D eigenvalue weighted by atomic mass is 32.2. The molecule has 0 spiro atoms. The summed E-state index contributed by atoms with van der Waals surface area (Å²) >= 11 is 2.57. The van der Waals surface area contributed by atoms with Gasteiger partial charge in [0, 0.05) is 10.9 Å². The van der Waals surface area contributed by atoms with E-state index in [1.165, 1.54) is 28.7 Å². The Morgan fingerprint density at radius 3 is 2.73 bits per heavy atom. The summed E-state index contributed by atoms with van der Waals surface area (Å²) < 4.78 is 4.89. The molecule has 7 nitrogen and oxygen atoms in total. The zero-order valence-corrected chi connectivity index (χ0v) is 18.6. The number of nitrogens with one attached hydrogen (secondary N) is 1. The van der Waals surface area contributed by atoms with Gasteiger partial charge in [0.15, 0.2) is 5.13 Å². The van der Waals surface area contributed by atoms with Crippen molar-refractivity contribution in [3.63, 3.8) is 0 Å². The maximum Gasteiger partial charge on any atom is 0.311 e. The van der Waals surface area contributed by atoms with E-state index in [1.807, 2.05) is 26.0 Å². The van der Waals surface area contributed by atoms with Crippen molar-refractivity contribution in [3.8, 4) is 11.3 Å². The number of benzene rings is 1.